The van der Waals surface area contributed by atoms with Gasteiger partial charge in [-0.2, -0.15) is 0 Å². The summed E-state index contributed by atoms with van der Waals surface area (Å²) in [6.07, 6.45) is 0. The van der Waals surface area contributed by atoms with E-state index in [1.807, 2.05) is 19.0 Å². The molecule has 18 heavy (non-hydrogen) atoms. The Labute approximate surface area is 113 Å². The highest BCUT2D eigenvalue weighted by atomic mass is 79.9. The van der Waals surface area contributed by atoms with Gasteiger partial charge in [-0.1, -0.05) is 5.16 Å². The van der Waals surface area contributed by atoms with Gasteiger partial charge in [0.25, 0.3) is 0 Å². The minimum atomic E-state index is -0.571. The van der Waals surface area contributed by atoms with Crippen LogP contribution in [0.15, 0.2) is 21.8 Å². The van der Waals surface area contributed by atoms with Crippen LogP contribution < -0.4 is 10.5 Å². The Morgan fingerprint density at radius 1 is 1.56 bits per heavy atom. The molecule has 0 bridgehead atoms. The van der Waals surface area contributed by atoms with Crippen molar-refractivity contribution in [3.8, 4) is 5.75 Å². The number of oxime groups is 1. The number of rotatable bonds is 5. The van der Waals surface area contributed by atoms with Crippen molar-refractivity contribution >= 4 is 21.8 Å². The van der Waals surface area contributed by atoms with E-state index in [0.29, 0.717) is 13.2 Å². The van der Waals surface area contributed by atoms with Gasteiger partial charge in [0.05, 0.1) is 4.47 Å². The van der Waals surface area contributed by atoms with E-state index in [0.717, 1.165) is 0 Å². The Morgan fingerprint density at radius 2 is 2.22 bits per heavy atom. The Hall–Kier alpha value is -1.34. The minimum absolute atomic E-state index is 0.111. The molecule has 5 nitrogen and oxygen atoms in total. The van der Waals surface area contributed by atoms with Crippen molar-refractivity contribution in [2.45, 2.75) is 0 Å². The first-order valence-electron chi connectivity index (χ1n) is 5.20. The average molecular weight is 320 g/mol. The topological polar surface area (TPSA) is 71.1 Å². The van der Waals surface area contributed by atoms with Crippen molar-refractivity contribution < 1.29 is 14.3 Å². The van der Waals surface area contributed by atoms with Crippen LogP contribution in [0.3, 0.4) is 0 Å². The highest BCUT2D eigenvalue weighted by molar-refractivity contribution is 9.10. The van der Waals surface area contributed by atoms with E-state index < -0.39 is 5.82 Å². The summed E-state index contributed by atoms with van der Waals surface area (Å²) in [6.45, 7) is 1.05. The molecule has 0 saturated heterocycles. The molecule has 0 radical (unpaired) electrons. The number of ether oxygens (including phenoxy) is 1. The summed E-state index contributed by atoms with van der Waals surface area (Å²) in [5.74, 6) is -0.614. The van der Waals surface area contributed by atoms with Gasteiger partial charge < -0.3 is 20.6 Å². The monoisotopic (exact) mass is 319 g/mol. The van der Waals surface area contributed by atoms with Gasteiger partial charge in [-0.15, -0.1) is 0 Å². The number of nitrogens with zero attached hydrogens (tertiary/aromatic N) is 2. The Kier molecular flexibility index (Phi) is 5.36. The van der Waals surface area contributed by atoms with Crippen LogP contribution in [0.5, 0.6) is 5.75 Å². The maximum atomic E-state index is 13.9. The van der Waals surface area contributed by atoms with Crippen molar-refractivity contribution in [2.24, 2.45) is 10.9 Å². The molecular formula is C11H15BrFN3O2. The third kappa shape index (κ3) is 3.58. The molecule has 100 valence electrons. The van der Waals surface area contributed by atoms with E-state index in [1.54, 1.807) is 0 Å². The zero-order chi connectivity index (χ0) is 13.7. The molecule has 0 fully saturated rings. The number of hydrogen-bond acceptors (Lipinski definition) is 4. The van der Waals surface area contributed by atoms with Gasteiger partial charge in [-0.3, -0.25) is 0 Å². The molecule has 1 aromatic rings. The maximum absolute atomic E-state index is 13.9. The number of likely N-dealkylation sites (N-methyl/N-ethyl adjacent to an activating group) is 1. The quantitative estimate of drug-likeness (QED) is 0.374. The van der Waals surface area contributed by atoms with E-state index in [1.165, 1.54) is 12.1 Å². The van der Waals surface area contributed by atoms with Crippen molar-refractivity contribution in [2.75, 3.05) is 27.2 Å². The molecule has 1 rings (SSSR count). The summed E-state index contributed by atoms with van der Waals surface area (Å²) in [5.41, 5.74) is 5.68. The standard InChI is InChI=1S/C11H15BrFN3O2/c1-16(2)5-6-18-8-4-3-7(11(14)15-17)9(12)10(8)13/h3-4,17H,5-6H2,1-2H3,(H2,14,15). The van der Waals surface area contributed by atoms with Crippen molar-refractivity contribution in [3.63, 3.8) is 0 Å². The predicted molar refractivity (Wildman–Crippen MR) is 70.7 cm³/mol. The second-order valence-electron chi connectivity index (χ2n) is 3.88. The van der Waals surface area contributed by atoms with Gasteiger partial charge in [-0.25, -0.2) is 4.39 Å². The van der Waals surface area contributed by atoms with Gasteiger partial charge in [0.15, 0.2) is 17.4 Å². The molecule has 0 aliphatic carbocycles. The smallest absolute Gasteiger partial charge is 0.179 e. The highest BCUT2D eigenvalue weighted by Gasteiger charge is 2.14. The lowest BCUT2D eigenvalue weighted by atomic mass is 10.2. The summed E-state index contributed by atoms with van der Waals surface area (Å²) in [5, 5.41) is 11.4. The lowest BCUT2D eigenvalue weighted by Gasteiger charge is -2.13. The molecular weight excluding hydrogens is 305 g/mol. The second-order valence-corrected chi connectivity index (χ2v) is 4.67. The summed E-state index contributed by atoms with van der Waals surface area (Å²) in [4.78, 5) is 1.93. The van der Waals surface area contributed by atoms with Crippen LogP contribution in [-0.4, -0.2) is 43.2 Å². The molecule has 0 spiro atoms. The van der Waals surface area contributed by atoms with Crippen molar-refractivity contribution in [3.05, 3.63) is 28.0 Å². The van der Waals surface area contributed by atoms with Gasteiger partial charge in [0.1, 0.15) is 6.61 Å². The van der Waals surface area contributed by atoms with Gasteiger partial charge >= 0.3 is 0 Å². The largest absolute Gasteiger partial charge is 0.489 e. The van der Waals surface area contributed by atoms with Crippen LogP contribution >= 0.6 is 15.9 Å². The van der Waals surface area contributed by atoms with Crippen LogP contribution in [0, 0.1) is 5.82 Å². The lowest BCUT2D eigenvalue weighted by Crippen LogP contribution is -2.20. The van der Waals surface area contributed by atoms with E-state index >= 15 is 0 Å². The van der Waals surface area contributed by atoms with Crippen LogP contribution in [0.1, 0.15) is 5.56 Å². The Bertz CT molecular complexity index is 452. The van der Waals surface area contributed by atoms with Gasteiger partial charge in [-0.05, 0) is 42.2 Å². The molecule has 0 saturated carbocycles. The van der Waals surface area contributed by atoms with Crippen molar-refractivity contribution in [1.29, 1.82) is 0 Å². The first-order chi connectivity index (χ1) is 8.47. The van der Waals surface area contributed by atoms with Gasteiger partial charge in [0.2, 0.25) is 0 Å². The minimum Gasteiger partial charge on any atom is -0.489 e. The Balaban J connectivity index is 2.88. The fourth-order valence-electron chi connectivity index (χ4n) is 1.23. The maximum Gasteiger partial charge on any atom is 0.179 e. The zero-order valence-corrected chi connectivity index (χ0v) is 11.7. The molecule has 0 aliphatic rings. The third-order valence-corrected chi connectivity index (χ3v) is 3.00. The van der Waals surface area contributed by atoms with E-state index in [9.17, 15) is 4.39 Å². The van der Waals surface area contributed by atoms with Crippen LogP contribution in [0.2, 0.25) is 0 Å². The van der Waals surface area contributed by atoms with Crippen LogP contribution in [-0.2, 0) is 0 Å². The molecule has 0 amide bonds. The summed E-state index contributed by atoms with van der Waals surface area (Å²) in [6, 6.07) is 2.97. The first kappa shape index (κ1) is 14.7. The number of nitrogens with two attached hydrogens (primary N) is 1. The highest BCUT2D eigenvalue weighted by Crippen LogP contribution is 2.28. The average Bonchev–Trinajstić information content (AvgIpc) is 2.33. The molecule has 3 N–H and O–H groups in total. The summed E-state index contributed by atoms with van der Waals surface area (Å²) >= 11 is 3.06. The third-order valence-electron chi connectivity index (χ3n) is 2.23. The van der Waals surface area contributed by atoms with Crippen LogP contribution in [0.4, 0.5) is 4.39 Å². The van der Waals surface area contributed by atoms with Crippen LogP contribution in [0.25, 0.3) is 0 Å². The lowest BCUT2D eigenvalue weighted by molar-refractivity contribution is 0.252. The van der Waals surface area contributed by atoms with E-state index in [4.69, 9.17) is 15.7 Å². The van der Waals surface area contributed by atoms with E-state index in [2.05, 4.69) is 21.1 Å². The normalized spacial score (nSPS) is 11.9. The molecule has 1 aromatic carbocycles. The van der Waals surface area contributed by atoms with E-state index in [-0.39, 0.29) is 21.6 Å². The number of halogens is 2. The number of benzene rings is 1. The summed E-state index contributed by atoms with van der Waals surface area (Å²) < 4.78 is 19.3. The molecule has 0 aromatic heterocycles. The number of hydrogen-bond donors (Lipinski definition) is 2. The first-order valence-corrected chi connectivity index (χ1v) is 6.00. The fraction of sp³-hybridized carbons (Fsp3) is 0.364. The molecule has 0 heterocycles. The summed E-state index contributed by atoms with van der Waals surface area (Å²) in [7, 11) is 3.80. The molecule has 0 unspecified atom stereocenters. The SMILES string of the molecule is CN(C)CCOc1ccc(/C(N)=N/O)c(Br)c1F. The predicted octanol–water partition coefficient (Wildman–Crippen LogP) is 1.62. The molecule has 0 aliphatic heterocycles. The van der Waals surface area contributed by atoms with Gasteiger partial charge in [0, 0.05) is 12.1 Å². The van der Waals surface area contributed by atoms with Crippen molar-refractivity contribution in [1.82, 2.24) is 4.90 Å². The Morgan fingerprint density at radius 3 is 2.78 bits per heavy atom. The molecule has 0 atom stereocenters. The fourth-order valence-corrected chi connectivity index (χ4v) is 1.76. The zero-order valence-electron chi connectivity index (χ0n) is 10.2. The molecule has 7 heteroatoms. The number of amidine groups is 1. The second kappa shape index (κ2) is 6.55.